The van der Waals surface area contributed by atoms with E-state index in [1.807, 2.05) is 44.2 Å². The van der Waals surface area contributed by atoms with Crippen LogP contribution in [-0.2, 0) is 30.5 Å². The Balaban J connectivity index is 1.25. The van der Waals surface area contributed by atoms with Gasteiger partial charge in [-0.15, -0.1) is 0 Å². The molecule has 0 N–H and O–H groups in total. The lowest BCUT2D eigenvalue weighted by molar-refractivity contribution is -0.275. The van der Waals surface area contributed by atoms with E-state index >= 15 is 0 Å². The zero-order valence-corrected chi connectivity index (χ0v) is 21.1. The molecule has 2 aliphatic rings. The summed E-state index contributed by atoms with van der Waals surface area (Å²) in [5, 5.41) is 0. The van der Waals surface area contributed by atoms with Crippen molar-refractivity contribution >= 4 is 12.2 Å². The van der Waals surface area contributed by atoms with Crippen LogP contribution in [-0.4, -0.2) is 26.4 Å². The highest BCUT2D eigenvalue weighted by atomic mass is 16.7. The third-order valence-electron chi connectivity index (χ3n) is 7.44. The molecule has 0 atom stereocenters. The molecule has 186 valence electrons. The van der Waals surface area contributed by atoms with Crippen molar-refractivity contribution in [2.24, 2.45) is 0 Å². The SMILES string of the molecule is C=Cc1ccc(C2COC(C)(c3cccc(C4(C)OCC(c5ccc(C=C)cc5)CO4)c3)OC2)cc1. The van der Waals surface area contributed by atoms with Gasteiger partial charge < -0.3 is 18.9 Å². The molecule has 2 aliphatic heterocycles. The van der Waals surface area contributed by atoms with Crippen LogP contribution in [0.5, 0.6) is 0 Å². The number of ether oxygens (including phenoxy) is 4. The molecule has 3 aromatic carbocycles. The minimum Gasteiger partial charge on any atom is -0.345 e. The topological polar surface area (TPSA) is 36.9 Å². The smallest absolute Gasteiger partial charge is 0.191 e. The van der Waals surface area contributed by atoms with Crippen molar-refractivity contribution in [3.05, 3.63) is 119 Å². The van der Waals surface area contributed by atoms with Crippen LogP contribution in [0.15, 0.2) is 86.0 Å². The molecule has 0 spiro atoms. The number of hydrogen-bond donors (Lipinski definition) is 0. The van der Waals surface area contributed by atoms with Gasteiger partial charge in [-0.1, -0.05) is 92.0 Å². The lowest BCUT2D eigenvalue weighted by atomic mass is 9.94. The molecule has 3 aromatic rings. The molecule has 36 heavy (non-hydrogen) atoms. The summed E-state index contributed by atoms with van der Waals surface area (Å²) in [6.07, 6.45) is 3.70. The molecule has 4 heteroatoms. The van der Waals surface area contributed by atoms with Crippen LogP contribution in [0.25, 0.3) is 12.2 Å². The Kier molecular flexibility index (Phi) is 6.96. The summed E-state index contributed by atoms with van der Waals surface area (Å²) < 4.78 is 25.3. The average molecular weight is 483 g/mol. The monoisotopic (exact) mass is 482 g/mol. The first kappa shape index (κ1) is 24.7. The van der Waals surface area contributed by atoms with Gasteiger partial charge in [-0.25, -0.2) is 0 Å². The highest BCUT2D eigenvalue weighted by molar-refractivity contribution is 5.48. The van der Waals surface area contributed by atoms with Gasteiger partial charge in [0.25, 0.3) is 0 Å². The van der Waals surface area contributed by atoms with Gasteiger partial charge in [0, 0.05) is 23.0 Å². The van der Waals surface area contributed by atoms with E-state index in [0.29, 0.717) is 26.4 Å². The highest BCUT2D eigenvalue weighted by Gasteiger charge is 2.39. The second-order valence-corrected chi connectivity index (χ2v) is 9.85. The predicted molar refractivity (Wildman–Crippen MR) is 144 cm³/mol. The zero-order valence-electron chi connectivity index (χ0n) is 21.1. The van der Waals surface area contributed by atoms with Gasteiger partial charge in [-0.3, -0.25) is 0 Å². The fourth-order valence-corrected chi connectivity index (χ4v) is 4.83. The maximum Gasteiger partial charge on any atom is 0.191 e. The van der Waals surface area contributed by atoms with Crippen molar-refractivity contribution in [2.45, 2.75) is 37.3 Å². The van der Waals surface area contributed by atoms with Crippen LogP contribution in [0, 0.1) is 0 Å². The van der Waals surface area contributed by atoms with Gasteiger partial charge in [-0.2, -0.15) is 0 Å². The Morgan fingerprint density at radius 3 is 1.31 bits per heavy atom. The largest absolute Gasteiger partial charge is 0.345 e. The molecular weight excluding hydrogens is 448 g/mol. The van der Waals surface area contributed by atoms with Crippen LogP contribution in [0.3, 0.4) is 0 Å². The second kappa shape index (κ2) is 10.2. The first-order valence-corrected chi connectivity index (χ1v) is 12.5. The number of hydrogen-bond acceptors (Lipinski definition) is 4. The quantitative estimate of drug-likeness (QED) is 0.380. The molecule has 0 amide bonds. The van der Waals surface area contributed by atoms with Crippen molar-refractivity contribution in [1.82, 2.24) is 0 Å². The van der Waals surface area contributed by atoms with Crippen molar-refractivity contribution in [2.75, 3.05) is 26.4 Å². The summed E-state index contributed by atoms with van der Waals surface area (Å²) in [6, 6.07) is 25.0. The second-order valence-electron chi connectivity index (χ2n) is 9.85. The molecule has 0 aliphatic carbocycles. The third kappa shape index (κ3) is 4.95. The standard InChI is InChI=1S/C32H34O4/c1-5-23-10-14-25(15-11-23)27-19-33-31(3,34-20-27)29-8-7-9-30(18-29)32(4)35-21-28(22-36-32)26-16-12-24(6-2)13-17-26/h5-18,27-28H,1-2,19-22H2,3-4H3. The Morgan fingerprint density at radius 2 is 0.972 bits per heavy atom. The van der Waals surface area contributed by atoms with Crippen molar-refractivity contribution < 1.29 is 18.9 Å². The molecule has 5 rings (SSSR count). The fraction of sp³-hybridized carbons (Fsp3) is 0.312. The molecule has 0 bridgehead atoms. The fourth-order valence-electron chi connectivity index (χ4n) is 4.83. The first-order valence-electron chi connectivity index (χ1n) is 12.5. The Morgan fingerprint density at radius 1 is 0.611 bits per heavy atom. The highest BCUT2D eigenvalue weighted by Crippen LogP contribution is 2.39. The van der Waals surface area contributed by atoms with Gasteiger partial charge in [0.05, 0.1) is 26.4 Å². The van der Waals surface area contributed by atoms with Gasteiger partial charge in [0.2, 0.25) is 0 Å². The normalized spacial score (nSPS) is 28.4. The number of rotatable bonds is 6. The van der Waals surface area contributed by atoms with Crippen LogP contribution in [0.1, 0.15) is 59.1 Å². The molecule has 0 unspecified atom stereocenters. The molecule has 0 radical (unpaired) electrons. The van der Waals surface area contributed by atoms with E-state index in [1.54, 1.807) is 0 Å². The van der Waals surface area contributed by atoms with Crippen LogP contribution in [0.4, 0.5) is 0 Å². The average Bonchev–Trinajstić information content (AvgIpc) is 2.94. The Labute approximate surface area is 214 Å². The number of benzene rings is 3. The maximum absolute atomic E-state index is 6.31. The van der Waals surface area contributed by atoms with E-state index in [9.17, 15) is 0 Å². The van der Waals surface area contributed by atoms with E-state index in [2.05, 4.69) is 67.8 Å². The van der Waals surface area contributed by atoms with Gasteiger partial charge in [0.15, 0.2) is 11.6 Å². The van der Waals surface area contributed by atoms with Crippen molar-refractivity contribution in [1.29, 1.82) is 0 Å². The molecule has 4 nitrogen and oxygen atoms in total. The third-order valence-corrected chi connectivity index (χ3v) is 7.44. The molecule has 0 aromatic heterocycles. The van der Waals surface area contributed by atoms with E-state index in [-0.39, 0.29) is 11.8 Å². The predicted octanol–water partition coefficient (Wildman–Crippen LogP) is 6.98. The maximum atomic E-state index is 6.31. The Bertz CT molecular complexity index is 1100. The first-order chi connectivity index (χ1) is 17.4. The van der Waals surface area contributed by atoms with Crippen LogP contribution < -0.4 is 0 Å². The van der Waals surface area contributed by atoms with Gasteiger partial charge in [0.1, 0.15) is 0 Å². The minimum atomic E-state index is -0.825. The lowest BCUT2D eigenvalue weighted by Gasteiger charge is -2.40. The van der Waals surface area contributed by atoms with Crippen molar-refractivity contribution in [3.8, 4) is 0 Å². The summed E-state index contributed by atoms with van der Waals surface area (Å²) in [7, 11) is 0. The van der Waals surface area contributed by atoms with Crippen LogP contribution >= 0.6 is 0 Å². The zero-order chi connectivity index (χ0) is 25.2. The molecular formula is C32H34O4. The van der Waals surface area contributed by atoms with E-state index in [1.165, 1.54) is 11.1 Å². The molecule has 2 heterocycles. The summed E-state index contributed by atoms with van der Waals surface area (Å²) in [6.45, 7) is 14.0. The van der Waals surface area contributed by atoms with Gasteiger partial charge in [-0.05, 0) is 42.2 Å². The molecule has 2 saturated heterocycles. The Hall–Kier alpha value is -3.02. The van der Waals surface area contributed by atoms with E-state index in [0.717, 1.165) is 22.3 Å². The summed E-state index contributed by atoms with van der Waals surface area (Å²) in [5.41, 5.74) is 6.54. The van der Waals surface area contributed by atoms with E-state index in [4.69, 9.17) is 18.9 Å². The summed E-state index contributed by atoms with van der Waals surface area (Å²) in [5.74, 6) is -1.26. The molecule has 0 saturated carbocycles. The lowest BCUT2D eigenvalue weighted by Crippen LogP contribution is -2.40. The summed E-state index contributed by atoms with van der Waals surface area (Å²) in [4.78, 5) is 0. The molecule has 2 fully saturated rings. The summed E-state index contributed by atoms with van der Waals surface area (Å²) >= 11 is 0. The van der Waals surface area contributed by atoms with Crippen LogP contribution in [0.2, 0.25) is 0 Å². The van der Waals surface area contributed by atoms with Crippen molar-refractivity contribution in [3.63, 3.8) is 0 Å². The van der Waals surface area contributed by atoms with Gasteiger partial charge >= 0.3 is 0 Å². The minimum absolute atomic E-state index is 0.195. The van der Waals surface area contributed by atoms with E-state index < -0.39 is 11.6 Å².